The Bertz CT molecular complexity index is 668. The lowest BCUT2D eigenvalue weighted by Gasteiger charge is -2.24. The number of carbonyl (C=O) groups excluding carboxylic acids is 3. The van der Waals surface area contributed by atoms with Crippen LogP contribution in [0.25, 0.3) is 0 Å². The average Bonchev–Trinajstić information content (AvgIpc) is 2.45. The number of aromatic nitrogens is 1. The van der Waals surface area contributed by atoms with Crippen molar-refractivity contribution in [3.8, 4) is 0 Å². The van der Waals surface area contributed by atoms with Gasteiger partial charge in [0.1, 0.15) is 18.0 Å². The highest BCUT2D eigenvalue weighted by molar-refractivity contribution is 5.94. The second kappa shape index (κ2) is 6.73. The summed E-state index contributed by atoms with van der Waals surface area (Å²) in [5.74, 6) is -0.0575. The van der Waals surface area contributed by atoms with E-state index < -0.39 is 17.6 Å². The van der Waals surface area contributed by atoms with Crippen LogP contribution in [0, 0.1) is 0 Å². The largest absolute Gasteiger partial charge is 0.444 e. The van der Waals surface area contributed by atoms with Crippen LogP contribution in [-0.2, 0) is 16.1 Å². The van der Waals surface area contributed by atoms with E-state index in [1.807, 2.05) is 0 Å². The van der Waals surface area contributed by atoms with Crippen molar-refractivity contribution in [3.05, 3.63) is 17.8 Å². The Hall–Kier alpha value is -2.84. The van der Waals surface area contributed by atoms with E-state index in [4.69, 9.17) is 4.74 Å². The van der Waals surface area contributed by atoms with E-state index in [0.29, 0.717) is 17.2 Å². The monoisotopic (exact) mass is 335 g/mol. The SMILES string of the molecule is CN(CC(=O)Nc1ccc2c(n1)CNC(=O)N2)C(=O)OC(C)(C)C. The van der Waals surface area contributed by atoms with Gasteiger partial charge in [-0.1, -0.05) is 0 Å². The predicted molar refractivity (Wildman–Crippen MR) is 87.6 cm³/mol. The van der Waals surface area contributed by atoms with Gasteiger partial charge in [0.25, 0.3) is 0 Å². The van der Waals surface area contributed by atoms with Gasteiger partial charge >= 0.3 is 12.1 Å². The smallest absolute Gasteiger partial charge is 0.410 e. The van der Waals surface area contributed by atoms with Crippen molar-refractivity contribution in [2.75, 3.05) is 24.2 Å². The molecule has 9 nitrogen and oxygen atoms in total. The molecule has 3 N–H and O–H groups in total. The number of nitrogens with one attached hydrogen (secondary N) is 3. The van der Waals surface area contributed by atoms with Gasteiger partial charge in [0.15, 0.2) is 0 Å². The number of pyridine rings is 1. The molecule has 0 unspecified atom stereocenters. The van der Waals surface area contributed by atoms with Crippen molar-refractivity contribution in [3.63, 3.8) is 0 Å². The van der Waals surface area contributed by atoms with E-state index >= 15 is 0 Å². The predicted octanol–water partition coefficient (Wildman–Crippen LogP) is 1.52. The maximum Gasteiger partial charge on any atom is 0.410 e. The van der Waals surface area contributed by atoms with Gasteiger partial charge < -0.3 is 25.6 Å². The minimum atomic E-state index is -0.626. The normalized spacial score (nSPS) is 13.2. The summed E-state index contributed by atoms with van der Waals surface area (Å²) < 4.78 is 5.18. The Morgan fingerprint density at radius 2 is 2.08 bits per heavy atom. The first kappa shape index (κ1) is 17.5. The lowest BCUT2D eigenvalue weighted by atomic mass is 10.2. The van der Waals surface area contributed by atoms with Gasteiger partial charge in [-0.3, -0.25) is 4.79 Å². The number of rotatable bonds is 3. The van der Waals surface area contributed by atoms with Crippen LogP contribution in [0.5, 0.6) is 0 Å². The van der Waals surface area contributed by atoms with Crippen molar-refractivity contribution in [2.45, 2.75) is 32.9 Å². The van der Waals surface area contributed by atoms with Crippen LogP contribution in [0.1, 0.15) is 26.5 Å². The zero-order valence-electron chi connectivity index (χ0n) is 14.1. The van der Waals surface area contributed by atoms with Crippen molar-refractivity contribution < 1.29 is 19.1 Å². The molecule has 130 valence electrons. The van der Waals surface area contributed by atoms with E-state index in [1.54, 1.807) is 32.9 Å². The summed E-state index contributed by atoms with van der Waals surface area (Å²) in [5.41, 5.74) is 0.592. The van der Waals surface area contributed by atoms with E-state index in [0.717, 1.165) is 0 Å². The summed E-state index contributed by atoms with van der Waals surface area (Å²) in [6.07, 6.45) is -0.581. The van der Waals surface area contributed by atoms with Crippen molar-refractivity contribution >= 4 is 29.5 Å². The van der Waals surface area contributed by atoms with Gasteiger partial charge in [0.2, 0.25) is 5.91 Å². The van der Waals surface area contributed by atoms with Crippen molar-refractivity contribution in [2.24, 2.45) is 0 Å². The minimum absolute atomic E-state index is 0.164. The molecule has 2 rings (SSSR count). The molecule has 1 aromatic heterocycles. The number of amides is 4. The summed E-state index contributed by atoms with van der Waals surface area (Å²) in [6.45, 7) is 5.37. The first-order valence-electron chi connectivity index (χ1n) is 7.43. The third-order valence-corrected chi connectivity index (χ3v) is 2.99. The van der Waals surface area contributed by atoms with Crippen LogP contribution in [0.2, 0.25) is 0 Å². The summed E-state index contributed by atoms with van der Waals surface area (Å²) in [7, 11) is 1.48. The summed E-state index contributed by atoms with van der Waals surface area (Å²) in [5, 5.41) is 7.82. The molecule has 24 heavy (non-hydrogen) atoms. The van der Waals surface area contributed by atoms with Crippen molar-refractivity contribution in [1.29, 1.82) is 0 Å². The molecule has 0 radical (unpaired) electrons. The van der Waals surface area contributed by atoms with E-state index in [2.05, 4.69) is 20.9 Å². The molecular weight excluding hydrogens is 314 g/mol. The molecule has 0 aliphatic carbocycles. The highest BCUT2D eigenvalue weighted by Crippen LogP contribution is 2.19. The fourth-order valence-corrected chi connectivity index (χ4v) is 1.95. The average molecular weight is 335 g/mol. The number of hydrogen-bond donors (Lipinski definition) is 3. The number of hydrogen-bond acceptors (Lipinski definition) is 5. The van der Waals surface area contributed by atoms with Crippen LogP contribution in [0.3, 0.4) is 0 Å². The fraction of sp³-hybridized carbons (Fsp3) is 0.467. The molecule has 0 spiro atoms. The third-order valence-electron chi connectivity index (χ3n) is 2.99. The van der Waals surface area contributed by atoms with Crippen LogP contribution >= 0.6 is 0 Å². The van der Waals surface area contributed by atoms with Crippen LogP contribution in [-0.4, -0.2) is 47.1 Å². The van der Waals surface area contributed by atoms with E-state index in [1.165, 1.54) is 11.9 Å². The number of nitrogens with zero attached hydrogens (tertiary/aromatic N) is 2. The Morgan fingerprint density at radius 3 is 2.75 bits per heavy atom. The molecular formula is C15H21N5O4. The number of fused-ring (bicyclic) bond motifs is 1. The summed E-state index contributed by atoms with van der Waals surface area (Å²) in [6, 6.07) is 2.95. The van der Waals surface area contributed by atoms with Gasteiger partial charge in [0, 0.05) is 7.05 Å². The van der Waals surface area contributed by atoms with Gasteiger partial charge in [-0.05, 0) is 32.9 Å². The number of ether oxygens (including phenoxy) is 1. The maximum absolute atomic E-state index is 12.0. The quantitative estimate of drug-likeness (QED) is 0.775. The van der Waals surface area contributed by atoms with E-state index in [-0.39, 0.29) is 19.1 Å². The molecule has 0 saturated carbocycles. The Kier molecular flexibility index (Phi) is 4.91. The summed E-state index contributed by atoms with van der Waals surface area (Å²) in [4.78, 5) is 40.5. The molecule has 0 saturated heterocycles. The van der Waals surface area contributed by atoms with E-state index in [9.17, 15) is 14.4 Å². The standard InChI is InChI=1S/C15H21N5O4/c1-15(2,3)24-14(23)20(4)8-12(21)19-11-6-5-9-10(17-11)7-16-13(22)18-9/h5-6H,7-8H2,1-4H3,(H2,16,18,22)(H,17,19,21). The lowest BCUT2D eigenvalue weighted by molar-refractivity contribution is -0.117. The first-order chi connectivity index (χ1) is 11.1. The highest BCUT2D eigenvalue weighted by Gasteiger charge is 2.21. The number of likely N-dealkylation sites (N-methyl/N-ethyl adjacent to an activating group) is 1. The van der Waals surface area contributed by atoms with Gasteiger partial charge in [-0.25, -0.2) is 14.6 Å². The second-order valence-electron chi connectivity index (χ2n) is 6.38. The molecule has 1 aliphatic rings. The van der Waals surface area contributed by atoms with Crippen LogP contribution < -0.4 is 16.0 Å². The molecule has 1 aliphatic heterocycles. The molecule has 2 heterocycles. The van der Waals surface area contributed by atoms with Crippen molar-refractivity contribution in [1.82, 2.24) is 15.2 Å². The highest BCUT2D eigenvalue weighted by atomic mass is 16.6. The molecule has 0 bridgehead atoms. The third kappa shape index (κ3) is 4.83. The molecule has 4 amide bonds. The molecule has 0 fully saturated rings. The van der Waals surface area contributed by atoms with Gasteiger partial charge in [-0.2, -0.15) is 0 Å². The lowest BCUT2D eigenvalue weighted by Crippen LogP contribution is -2.39. The zero-order chi connectivity index (χ0) is 17.9. The Morgan fingerprint density at radius 1 is 1.38 bits per heavy atom. The zero-order valence-corrected chi connectivity index (χ0v) is 14.1. The Balaban J connectivity index is 1.93. The van der Waals surface area contributed by atoms with Gasteiger partial charge in [0.05, 0.1) is 17.9 Å². The number of urea groups is 1. The second-order valence-corrected chi connectivity index (χ2v) is 6.38. The maximum atomic E-state index is 12.0. The Labute approximate surface area is 139 Å². The molecule has 1 aromatic rings. The molecule has 0 aromatic carbocycles. The topological polar surface area (TPSA) is 113 Å². The van der Waals surface area contributed by atoms with Gasteiger partial charge in [-0.15, -0.1) is 0 Å². The fourth-order valence-electron chi connectivity index (χ4n) is 1.95. The number of anilines is 2. The van der Waals surface area contributed by atoms with Crippen LogP contribution in [0.15, 0.2) is 12.1 Å². The summed E-state index contributed by atoms with van der Waals surface area (Å²) >= 11 is 0. The number of carbonyl (C=O) groups is 3. The minimum Gasteiger partial charge on any atom is -0.444 e. The first-order valence-corrected chi connectivity index (χ1v) is 7.43. The molecule has 0 atom stereocenters. The van der Waals surface area contributed by atoms with Crippen LogP contribution in [0.4, 0.5) is 21.1 Å². The molecule has 9 heteroatoms.